The van der Waals surface area contributed by atoms with Gasteiger partial charge in [0.1, 0.15) is 0 Å². The van der Waals surface area contributed by atoms with Crippen LogP contribution in [0.5, 0.6) is 0 Å². The van der Waals surface area contributed by atoms with Crippen molar-refractivity contribution in [2.75, 3.05) is 6.54 Å². The minimum atomic E-state index is 0.0613. The van der Waals surface area contributed by atoms with E-state index in [1.807, 2.05) is 0 Å². The molecule has 1 aromatic heterocycles. The second kappa shape index (κ2) is 3.21. The van der Waals surface area contributed by atoms with Gasteiger partial charge in [-0.15, -0.1) is 0 Å². The molecule has 1 aliphatic rings. The summed E-state index contributed by atoms with van der Waals surface area (Å²) < 4.78 is 0. The number of aromatic amines is 1. The van der Waals surface area contributed by atoms with Crippen molar-refractivity contribution in [2.24, 2.45) is 11.1 Å². The van der Waals surface area contributed by atoms with Gasteiger partial charge in [-0.3, -0.25) is 4.79 Å². The lowest BCUT2D eigenvalue weighted by molar-refractivity contribution is 0.283. The lowest BCUT2D eigenvalue weighted by Crippen LogP contribution is -2.28. The smallest absolute Gasteiger partial charge is 0.304 e. The first-order valence-corrected chi connectivity index (χ1v) is 5.75. The molecule has 0 spiro atoms. The van der Waals surface area contributed by atoms with Gasteiger partial charge >= 0.3 is 4.87 Å². The van der Waals surface area contributed by atoms with Crippen molar-refractivity contribution >= 4 is 11.3 Å². The third-order valence-electron chi connectivity index (χ3n) is 2.88. The van der Waals surface area contributed by atoms with E-state index in [4.69, 9.17) is 5.73 Å². The summed E-state index contributed by atoms with van der Waals surface area (Å²) in [7, 11) is 0. The number of aromatic nitrogens is 1. The van der Waals surface area contributed by atoms with Crippen LogP contribution in [0.25, 0.3) is 0 Å². The number of fused-ring (bicyclic) bond motifs is 1. The molecular weight excluding hydrogens is 196 g/mol. The Bertz CT molecular complexity index is 391. The predicted octanol–water partition coefficient (Wildman–Crippen LogP) is 1.45. The minimum Gasteiger partial charge on any atom is -0.330 e. The summed E-state index contributed by atoms with van der Waals surface area (Å²) in [6.45, 7) is 5.11. The van der Waals surface area contributed by atoms with E-state index < -0.39 is 0 Å². The summed E-state index contributed by atoms with van der Waals surface area (Å²) in [5.74, 6) is 0.340. The van der Waals surface area contributed by atoms with Crippen LogP contribution in [0.3, 0.4) is 0 Å². The summed E-state index contributed by atoms with van der Waals surface area (Å²) in [4.78, 5) is 15.4. The molecule has 1 aromatic rings. The van der Waals surface area contributed by atoms with Crippen LogP contribution in [0.2, 0.25) is 0 Å². The van der Waals surface area contributed by atoms with E-state index in [2.05, 4.69) is 18.8 Å². The molecule has 14 heavy (non-hydrogen) atoms. The highest BCUT2D eigenvalue weighted by atomic mass is 32.1. The Morgan fingerprint density at radius 3 is 3.00 bits per heavy atom. The summed E-state index contributed by atoms with van der Waals surface area (Å²) in [6.07, 6.45) is 2.07. The van der Waals surface area contributed by atoms with Crippen molar-refractivity contribution in [1.29, 1.82) is 0 Å². The Kier molecular flexibility index (Phi) is 2.27. The minimum absolute atomic E-state index is 0.0613. The lowest BCUT2D eigenvalue weighted by Gasteiger charge is -2.33. The van der Waals surface area contributed by atoms with Crippen LogP contribution in [-0.4, -0.2) is 11.5 Å². The quantitative estimate of drug-likeness (QED) is 0.740. The molecule has 0 amide bonds. The topological polar surface area (TPSA) is 58.9 Å². The number of H-pyrrole nitrogens is 1. The van der Waals surface area contributed by atoms with Crippen LogP contribution in [0.4, 0.5) is 0 Å². The van der Waals surface area contributed by atoms with E-state index in [1.54, 1.807) is 0 Å². The molecule has 1 atom stereocenters. The van der Waals surface area contributed by atoms with Gasteiger partial charge in [0.05, 0.1) is 0 Å². The fraction of sp³-hybridized carbons (Fsp3) is 0.700. The summed E-state index contributed by atoms with van der Waals surface area (Å²) >= 11 is 1.34. The molecule has 0 radical (unpaired) electrons. The fourth-order valence-electron chi connectivity index (χ4n) is 2.31. The first-order chi connectivity index (χ1) is 6.52. The number of rotatable bonds is 1. The standard InChI is InChI=1S/C10H16N2OS/c1-10(2)3-6(5-11)8-7(4-10)14-9(13)12-8/h6H,3-5,11H2,1-2H3,(H,12,13). The van der Waals surface area contributed by atoms with Crippen LogP contribution < -0.4 is 10.6 Å². The SMILES string of the molecule is CC1(C)Cc2sc(=O)[nH]c2C(CN)C1. The van der Waals surface area contributed by atoms with E-state index in [0.717, 1.165) is 18.5 Å². The van der Waals surface area contributed by atoms with Crippen molar-refractivity contribution in [3.8, 4) is 0 Å². The van der Waals surface area contributed by atoms with Crippen LogP contribution in [-0.2, 0) is 6.42 Å². The number of nitrogens with two attached hydrogens (primary N) is 1. The maximum Gasteiger partial charge on any atom is 0.304 e. The average Bonchev–Trinajstić information content (AvgIpc) is 2.41. The Morgan fingerprint density at radius 1 is 1.64 bits per heavy atom. The van der Waals surface area contributed by atoms with Gasteiger partial charge in [0.2, 0.25) is 0 Å². The van der Waals surface area contributed by atoms with E-state index >= 15 is 0 Å². The van der Waals surface area contributed by atoms with Gasteiger partial charge in [0.25, 0.3) is 0 Å². The van der Waals surface area contributed by atoms with Crippen LogP contribution in [0, 0.1) is 5.41 Å². The molecule has 1 heterocycles. The normalized spacial score (nSPS) is 24.6. The molecule has 0 aromatic carbocycles. The molecule has 3 nitrogen and oxygen atoms in total. The highest BCUT2D eigenvalue weighted by Gasteiger charge is 2.33. The predicted molar refractivity (Wildman–Crippen MR) is 58.8 cm³/mol. The van der Waals surface area contributed by atoms with E-state index in [1.165, 1.54) is 16.2 Å². The monoisotopic (exact) mass is 212 g/mol. The molecular formula is C10H16N2OS. The second-order valence-corrected chi connectivity index (χ2v) is 5.90. The van der Waals surface area contributed by atoms with Gasteiger partial charge in [-0.1, -0.05) is 25.2 Å². The van der Waals surface area contributed by atoms with E-state index in [0.29, 0.717) is 12.5 Å². The highest BCUT2D eigenvalue weighted by Crippen LogP contribution is 2.41. The molecule has 0 bridgehead atoms. The summed E-state index contributed by atoms with van der Waals surface area (Å²) in [6, 6.07) is 0. The summed E-state index contributed by atoms with van der Waals surface area (Å²) in [5.41, 5.74) is 7.11. The number of hydrogen-bond donors (Lipinski definition) is 2. The van der Waals surface area contributed by atoms with Gasteiger partial charge in [-0.2, -0.15) is 0 Å². The molecule has 78 valence electrons. The van der Waals surface area contributed by atoms with Crippen LogP contribution in [0.1, 0.15) is 36.8 Å². The zero-order valence-corrected chi connectivity index (χ0v) is 9.41. The van der Waals surface area contributed by atoms with Gasteiger partial charge in [-0.25, -0.2) is 0 Å². The maximum atomic E-state index is 11.3. The van der Waals surface area contributed by atoms with Gasteiger partial charge in [0.15, 0.2) is 0 Å². The molecule has 4 heteroatoms. The van der Waals surface area contributed by atoms with Crippen molar-refractivity contribution in [2.45, 2.75) is 32.6 Å². The second-order valence-electron chi connectivity index (χ2n) is 4.83. The molecule has 0 fully saturated rings. The molecule has 0 aliphatic heterocycles. The van der Waals surface area contributed by atoms with Crippen molar-refractivity contribution < 1.29 is 0 Å². The van der Waals surface area contributed by atoms with Gasteiger partial charge in [-0.05, 0) is 18.3 Å². The number of nitrogens with one attached hydrogen (secondary N) is 1. The van der Waals surface area contributed by atoms with Crippen LogP contribution in [0.15, 0.2) is 4.79 Å². The number of hydrogen-bond acceptors (Lipinski definition) is 3. The van der Waals surface area contributed by atoms with Gasteiger partial charge < -0.3 is 10.7 Å². The van der Waals surface area contributed by atoms with Crippen molar-refractivity contribution in [3.05, 3.63) is 20.2 Å². The first kappa shape index (κ1) is 9.93. The Labute approximate surface area is 87.3 Å². The average molecular weight is 212 g/mol. The first-order valence-electron chi connectivity index (χ1n) is 4.94. The summed E-state index contributed by atoms with van der Waals surface area (Å²) in [5, 5.41) is 0. The Morgan fingerprint density at radius 2 is 2.36 bits per heavy atom. The van der Waals surface area contributed by atoms with E-state index in [9.17, 15) is 4.79 Å². The van der Waals surface area contributed by atoms with E-state index in [-0.39, 0.29) is 10.3 Å². The molecule has 1 aliphatic carbocycles. The Hall–Kier alpha value is -0.610. The third-order valence-corrected chi connectivity index (χ3v) is 3.78. The zero-order valence-electron chi connectivity index (χ0n) is 8.59. The zero-order chi connectivity index (χ0) is 10.3. The molecule has 0 saturated carbocycles. The molecule has 3 N–H and O–H groups in total. The van der Waals surface area contributed by atoms with Crippen molar-refractivity contribution in [1.82, 2.24) is 4.98 Å². The molecule has 0 saturated heterocycles. The van der Waals surface area contributed by atoms with Crippen molar-refractivity contribution in [3.63, 3.8) is 0 Å². The maximum absolute atomic E-state index is 11.3. The van der Waals surface area contributed by atoms with Gasteiger partial charge in [0, 0.05) is 23.0 Å². The third kappa shape index (κ3) is 1.64. The fourth-order valence-corrected chi connectivity index (χ4v) is 3.49. The number of thiazole rings is 1. The highest BCUT2D eigenvalue weighted by molar-refractivity contribution is 7.09. The lowest BCUT2D eigenvalue weighted by atomic mass is 9.73. The molecule has 1 unspecified atom stereocenters. The van der Waals surface area contributed by atoms with Crippen LogP contribution >= 0.6 is 11.3 Å². The largest absolute Gasteiger partial charge is 0.330 e. The Balaban J connectivity index is 2.45. The molecule has 2 rings (SSSR count).